The number of rotatable bonds is 7. The third-order valence-corrected chi connectivity index (χ3v) is 1.67. The van der Waals surface area contributed by atoms with Crippen LogP contribution in [0.25, 0.3) is 0 Å². The average molecular weight is 189 g/mol. The molecule has 0 aromatic heterocycles. The quantitative estimate of drug-likeness (QED) is 0.469. The van der Waals surface area contributed by atoms with Gasteiger partial charge in [0.1, 0.15) is 6.04 Å². The summed E-state index contributed by atoms with van der Waals surface area (Å²) in [7, 11) is 1.39. The van der Waals surface area contributed by atoms with Crippen molar-refractivity contribution in [2.75, 3.05) is 26.9 Å². The van der Waals surface area contributed by atoms with Gasteiger partial charge in [-0.3, -0.25) is 4.79 Å². The van der Waals surface area contributed by atoms with Gasteiger partial charge in [-0.15, -0.1) is 0 Å². The van der Waals surface area contributed by atoms with Crippen LogP contribution in [0.15, 0.2) is 0 Å². The van der Waals surface area contributed by atoms with E-state index in [-0.39, 0.29) is 12.0 Å². The molecule has 0 saturated carbocycles. The zero-order valence-corrected chi connectivity index (χ0v) is 8.63. The Labute approximate surface area is 79.6 Å². The van der Waals surface area contributed by atoms with E-state index in [1.165, 1.54) is 7.11 Å². The summed E-state index contributed by atoms with van der Waals surface area (Å²) in [5.41, 5.74) is 0. The van der Waals surface area contributed by atoms with E-state index < -0.39 is 0 Å². The highest BCUT2D eigenvalue weighted by atomic mass is 16.5. The van der Waals surface area contributed by atoms with Crippen LogP contribution in [-0.2, 0) is 14.3 Å². The molecule has 0 amide bonds. The van der Waals surface area contributed by atoms with E-state index in [0.29, 0.717) is 0 Å². The molecule has 0 aromatic carbocycles. The molecular weight excluding hydrogens is 170 g/mol. The molecule has 0 bridgehead atoms. The summed E-state index contributed by atoms with van der Waals surface area (Å²) in [6.45, 7) is 6.00. The summed E-state index contributed by atoms with van der Waals surface area (Å²) in [5.74, 6) is -0.226. The van der Waals surface area contributed by atoms with Gasteiger partial charge in [-0.05, 0) is 26.8 Å². The highest BCUT2D eigenvalue weighted by molar-refractivity contribution is 5.74. The average Bonchev–Trinajstić information content (AvgIpc) is 2.16. The van der Waals surface area contributed by atoms with Crippen molar-refractivity contribution in [3.8, 4) is 0 Å². The first-order chi connectivity index (χ1) is 6.22. The third kappa shape index (κ3) is 6.54. The molecule has 1 unspecified atom stereocenters. The Morgan fingerprint density at radius 3 is 2.77 bits per heavy atom. The number of esters is 1. The maximum Gasteiger partial charge on any atom is 0.322 e. The molecule has 0 rings (SSSR count). The molecule has 1 N–H and O–H groups in total. The van der Waals surface area contributed by atoms with Crippen LogP contribution in [-0.4, -0.2) is 38.9 Å². The summed E-state index contributed by atoms with van der Waals surface area (Å²) in [4.78, 5) is 10.9. The maximum atomic E-state index is 10.9. The molecule has 0 aromatic rings. The molecule has 78 valence electrons. The van der Waals surface area contributed by atoms with E-state index in [9.17, 15) is 4.79 Å². The number of ether oxygens (including phenoxy) is 2. The lowest BCUT2D eigenvalue weighted by atomic mass is 10.3. The predicted octanol–water partition coefficient (Wildman–Crippen LogP) is 0.564. The largest absolute Gasteiger partial charge is 0.468 e. The van der Waals surface area contributed by atoms with E-state index in [0.717, 1.165) is 26.2 Å². The highest BCUT2D eigenvalue weighted by Gasteiger charge is 2.10. The Morgan fingerprint density at radius 1 is 1.54 bits per heavy atom. The molecule has 0 aliphatic rings. The Hall–Kier alpha value is -0.610. The minimum absolute atomic E-state index is 0.226. The molecule has 13 heavy (non-hydrogen) atoms. The van der Waals surface area contributed by atoms with E-state index in [4.69, 9.17) is 4.74 Å². The summed E-state index contributed by atoms with van der Waals surface area (Å²) in [5, 5.41) is 3.04. The van der Waals surface area contributed by atoms with Crippen LogP contribution < -0.4 is 5.32 Å². The number of methoxy groups -OCH3 is 1. The van der Waals surface area contributed by atoms with Crippen molar-refractivity contribution in [1.29, 1.82) is 0 Å². The van der Waals surface area contributed by atoms with Crippen LogP contribution in [0.1, 0.15) is 20.3 Å². The van der Waals surface area contributed by atoms with Gasteiger partial charge in [0, 0.05) is 13.2 Å². The van der Waals surface area contributed by atoms with Crippen LogP contribution in [0.4, 0.5) is 0 Å². The molecule has 4 nitrogen and oxygen atoms in total. The molecule has 1 atom stereocenters. The monoisotopic (exact) mass is 189 g/mol. The van der Waals surface area contributed by atoms with Gasteiger partial charge in [0.05, 0.1) is 7.11 Å². The van der Waals surface area contributed by atoms with Crippen molar-refractivity contribution < 1.29 is 14.3 Å². The number of nitrogens with one attached hydrogen (secondary N) is 1. The number of carbonyl (C=O) groups is 1. The lowest BCUT2D eigenvalue weighted by Crippen LogP contribution is -2.35. The Balaban J connectivity index is 3.26. The lowest BCUT2D eigenvalue weighted by Gasteiger charge is -2.10. The van der Waals surface area contributed by atoms with Gasteiger partial charge in [-0.1, -0.05) is 0 Å². The van der Waals surface area contributed by atoms with Crippen LogP contribution in [0.3, 0.4) is 0 Å². The maximum absolute atomic E-state index is 10.9. The van der Waals surface area contributed by atoms with Gasteiger partial charge in [0.2, 0.25) is 0 Å². The van der Waals surface area contributed by atoms with Gasteiger partial charge in [0.25, 0.3) is 0 Å². The van der Waals surface area contributed by atoms with Gasteiger partial charge in [0.15, 0.2) is 0 Å². The number of carbonyl (C=O) groups excluding carboxylic acids is 1. The first kappa shape index (κ1) is 12.4. The Morgan fingerprint density at radius 2 is 2.23 bits per heavy atom. The molecular formula is C9H19NO3. The predicted molar refractivity (Wildman–Crippen MR) is 50.6 cm³/mol. The van der Waals surface area contributed by atoms with Crippen molar-refractivity contribution in [3.63, 3.8) is 0 Å². The Bertz CT molecular complexity index is 139. The molecule has 0 aliphatic carbocycles. The standard InChI is InChI=1S/C9H19NO3/c1-4-13-7-5-6-10-8(2)9(11)12-3/h8,10H,4-7H2,1-3H3. The van der Waals surface area contributed by atoms with Crippen molar-refractivity contribution in [2.45, 2.75) is 26.3 Å². The second-order valence-electron chi connectivity index (χ2n) is 2.75. The zero-order chi connectivity index (χ0) is 10.1. The second-order valence-corrected chi connectivity index (χ2v) is 2.75. The molecule has 0 spiro atoms. The van der Waals surface area contributed by atoms with E-state index in [1.54, 1.807) is 6.92 Å². The first-order valence-electron chi connectivity index (χ1n) is 4.61. The molecule has 0 radical (unpaired) electrons. The van der Waals surface area contributed by atoms with E-state index in [2.05, 4.69) is 10.1 Å². The first-order valence-corrected chi connectivity index (χ1v) is 4.61. The van der Waals surface area contributed by atoms with Crippen LogP contribution >= 0.6 is 0 Å². The molecule has 0 heterocycles. The molecule has 0 fully saturated rings. The number of hydrogen-bond acceptors (Lipinski definition) is 4. The summed E-state index contributed by atoms with van der Waals surface area (Å²) < 4.78 is 9.70. The topological polar surface area (TPSA) is 47.6 Å². The van der Waals surface area contributed by atoms with Gasteiger partial charge >= 0.3 is 5.97 Å². The molecule has 0 aliphatic heterocycles. The van der Waals surface area contributed by atoms with Crippen LogP contribution in [0.2, 0.25) is 0 Å². The molecule has 0 saturated heterocycles. The fourth-order valence-electron chi connectivity index (χ4n) is 0.897. The minimum atomic E-state index is -0.230. The summed E-state index contributed by atoms with van der Waals surface area (Å²) >= 11 is 0. The van der Waals surface area contributed by atoms with Gasteiger partial charge < -0.3 is 14.8 Å². The smallest absolute Gasteiger partial charge is 0.322 e. The van der Waals surface area contributed by atoms with Crippen molar-refractivity contribution in [1.82, 2.24) is 5.32 Å². The fraction of sp³-hybridized carbons (Fsp3) is 0.889. The van der Waals surface area contributed by atoms with Gasteiger partial charge in [-0.2, -0.15) is 0 Å². The second kappa shape index (κ2) is 8.01. The minimum Gasteiger partial charge on any atom is -0.468 e. The van der Waals surface area contributed by atoms with Crippen LogP contribution in [0.5, 0.6) is 0 Å². The van der Waals surface area contributed by atoms with Gasteiger partial charge in [-0.25, -0.2) is 0 Å². The fourth-order valence-corrected chi connectivity index (χ4v) is 0.897. The Kier molecular flexibility index (Phi) is 7.63. The van der Waals surface area contributed by atoms with E-state index in [1.807, 2.05) is 6.92 Å². The zero-order valence-electron chi connectivity index (χ0n) is 8.63. The van der Waals surface area contributed by atoms with Crippen molar-refractivity contribution in [3.05, 3.63) is 0 Å². The summed E-state index contributed by atoms with van der Waals surface area (Å²) in [6.07, 6.45) is 0.912. The summed E-state index contributed by atoms with van der Waals surface area (Å²) in [6, 6.07) is -0.230. The van der Waals surface area contributed by atoms with Crippen LogP contribution in [0, 0.1) is 0 Å². The lowest BCUT2D eigenvalue weighted by molar-refractivity contribution is -0.142. The third-order valence-electron chi connectivity index (χ3n) is 1.67. The van der Waals surface area contributed by atoms with Crippen molar-refractivity contribution in [2.24, 2.45) is 0 Å². The van der Waals surface area contributed by atoms with Crippen molar-refractivity contribution >= 4 is 5.97 Å². The van der Waals surface area contributed by atoms with E-state index >= 15 is 0 Å². The SMILES string of the molecule is CCOCCCNC(C)C(=O)OC. The highest BCUT2D eigenvalue weighted by Crippen LogP contribution is 1.87. The number of hydrogen-bond donors (Lipinski definition) is 1. The molecule has 4 heteroatoms. The normalized spacial score (nSPS) is 12.5.